The number of carbonyl (C=O) groups excluding carboxylic acids is 1. The topological polar surface area (TPSA) is 29.5 Å². The van der Waals surface area contributed by atoms with Crippen LogP contribution in [0.1, 0.15) is 23.7 Å². The molecule has 0 bridgehead atoms. The summed E-state index contributed by atoms with van der Waals surface area (Å²) in [5, 5.41) is 0.585. The normalized spacial score (nSPS) is 20.9. The summed E-state index contributed by atoms with van der Waals surface area (Å²) in [6.07, 6.45) is 0.738. The molecule has 0 aromatic heterocycles. The minimum atomic E-state index is -0.358. The highest BCUT2D eigenvalue weighted by molar-refractivity contribution is 6.31. The molecule has 1 aromatic rings. The lowest BCUT2D eigenvalue weighted by molar-refractivity contribution is -0.0163. The predicted octanol–water partition coefficient (Wildman–Crippen LogP) is 2.63. The highest BCUT2D eigenvalue weighted by atomic mass is 35.5. The van der Waals surface area contributed by atoms with Crippen LogP contribution in [0.3, 0.4) is 0 Å². The first-order valence-corrected chi connectivity index (χ1v) is 6.72. The van der Waals surface area contributed by atoms with Gasteiger partial charge in [0.05, 0.1) is 6.61 Å². The zero-order valence-electron chi connectivity index (χ0n) is 10.6. The molecule has 1 aromatic carbocycles. The highest BCUT2D eigenvalue weighted by Gasteiger charge is 2.27. The average molecular weight is 268 g/mol. The number of halogens is 1. The number of benzene rings is 1. The number of ether oxygens (including phenoxy) is 1. The van der Waals surface area contributed by atoms with Crippen LogP contribution in [0.5, 0.6) is 0 Å². The van der Waals surface area contributed by atoms with E-state index in [0.717, 1.165) is 19.5 Å². The summed E-state index contributed by atoms with van der Waals surface area (Å²) in [6.45, 7) is 5.37. The molecule has 3 nitrogen and oxygen atoms in total. The van der Waals surface area contributed by atoms with Crippen molar-refractivity contribution >= 4 is 17.4 Å². The molecule has 1 unspecified atom stereocenters. The van der Waals surface area contributed by atoms with Gasteiger partial charge in [0.1, 0.15) is 6.10 Å². The fourth-order valence-electron chi connectivity index (χ4n) is 2.21. The van der Waals surface area contributed by atoms with Crippen LogP contribution in [-0.4, -0.2) is 43.0 Å². The Hall–Kier alpha value is -0.900. The fourth-order valence-corrected chi connectivity index (χ4v) is 2.40. The summed E-state index contributed by atoms with van der Waals surface area (Å²) in [7, 11) is 0. The largest absolute Gasteiger partial charge is 0.367 e. The van der Waals surface area contributed by atoms with Gasteiger partial charge in [-0.15, -0.1) is 0 Å². The lowest BCUT2D eigenvalue weighted by Crippen LogP contribution is -2.46. The van der Waals surface area contributed by atoms with Gasteiger partial charge in [-0.05, 0) is 25.1 Å². The molecule has 98 valence electrons. The van der Waals surface area contributed by atoms with E-state index < -0.39 is 0 Å². The van der Waals surface area contributed by atoms with Crippen molar-refractivity contribution in [2.75, 3.05) is 26.2 Å². The Morgan fingerprint density at radius 1 is 1.56 bits per heavy atom. The third kappa shape index (κ3) is 3.31. The maximum atomic E-state index is 12.3. The molecular weight excluding hydrogens is 250 g/mol. The second kappa shape index (κ2) is 6.32. The number of hydrogen-bond donors (Lipinski definition) is 0. The zero-order valence-corrected chi connectivity index (χ0v) is 11.3. The first-order valence-electron chi connectivity index (χ1n) is 6.34. The van der Waals surface area contributed by atoms with E-state index in [1.807, 2.05) is 0 Å². The number of carbonyl (C=O) groups is 1. The molecule has 0 amide bonds. The van der Waals surface area contributed by atoms with E-state index in [2.05, 4.69) is 11.8 Å². The van der Waals surface area contributed by atoms with E-state index in [-0.39, 0.29) is 11.9 Å². The summed E-state index contributed by atoms with van der Waals surface area (Å²) >= 11 is 5.90. The standard InChI is InChI=1S/C14H18ClNO2/c1-2-6-16-7-8-18-13(10-16)14(17)11-4-3-5-12(15)9-11/h3-5,9,13H,2,6-8,10H2,1H3. The molecular formula is C14H18ClNO2. The molecule has 0 spiro atoms. The Kier molecular flexibility index (Phi) is 4.75. The fraction of sp³-hybridized carbons (Fsp3) is 0.500. The molecule has 1 heterocycles. The van der Waals surface area contributed by atoms with Gasteiger partial charge >= 0.3 is 0 Å². The monoisotopic (exact) mass is 267 g/mol. The Labute approximate surface area is 113 Å². The van der Waals surface area contributed by atoms with Crippen molar-refractivity contribution in [2.24, 2.45) is 0 Å². The van der Waals surface area contributed by atoms with Crippen LogP contribution in [0.15, 0.2) is 24.3 Å². The zero-order chi connectivity index (χ0) is 13.0. The second-order valence-corrected chi connectivity index (χ2v) is 4.97. The number of hydrogen-bond acceptors (Lipinski definition) is 3. The lowest BCUT2D eigenvalue weighted by atomic mass is 10.0. The Balaban J connectivity index is 2.04. The number of Topliss-reactive ketones (excluding diaryl/α,β-unsaturated/α-hetero) is 1. The van der Waals surface area contributed by atoms with Gasteiger partial charge < -0.3 is 4.74 Å². The molecule has 0 aliphatic carbocycles. The van der Waals surface area contributed by atoms with E-state index in [9.17, 15) is 4.79 Å². The van der Waals surface area contributed by atoms with Crippen LogP contribution in [0, 0.1) is 0 Å². The molecule has 2 rings (SSSR count). The van der Waals surface area contributed by atoms with Crippen molar-refractivity contribution in [1.82, 2.24) is 4.90 Å². The van der Waals surface area contributed by atoms with Gasteiger partial charge in [-0.25, -0.2) is 0 Å². The second-order valence-electron chi connectivity index (χ2n) is 4.53. The maximum absolute atomic E-state index is 12.3. The van der Waals surface area contributed by atoms with Crippen LogP contribution >= 0.6 is 11.6 Å². The molecule has 0 radical (unpaired) electrons. The SMILES string of the molecule is CCCN1CCOC(C(=O)c2cccc(Cl)c2)C1. The number of nitrogens with zero attached hydrogens (tertiary/aromatic N) is 1. The highest BCUT2D eigenvalue weighted by Crippen LogP contribution is 2.16. The maximum Gasteiger partial charge on any atom is 0.192 e. The number of ketones is 1. The van der Waals surface area contributed by atoms with Crippen molar-refractivity contribution in [2.45, 2.75) is 19.4 Å². The molecule has 0 N–H and O–H groups in total. The predicted molar refractivity (Wildman–Crippen MR) is 72.3 cm³/mol. The van der Waals surface area contributed by atoms with Gasteiger partial charge in [-0.2, -0.15) is 0 Å². The quantitative estimate of drug-likeness (QED) is 0.786. The molecule has 1 atom stereocenters. The van der Waals surface area contributed by atoms with Gasteiger partial charge in [0.25, 0.3) is 0 Å². The molecule has 1 aliphatic rings. The van der Waals surface area contributed by atoms with E-state index in [1.54, 1.807) is 24.3 Å². The van der Waals surface area contributed by atoms with Gasteiger partial charge in [0.15, 0.2) is 5.78 Å². The summed E-state index contributed by atoms with van der Waals surface area (Å²) < 4.78 is 5.58. The van der Waals surface area contributed by atoms with Crippen LogP contribution in [-0.2, 0) is 4.74 Å². The smallest absolute Gasteiger partial charge is 0.192 e. The molecule has 0 saturated carbocycles. The lowest BCUT2D eigenvalue weighted by Gasteiger charge is -2.31. The Morgan fingerprint density at radius 2 is 2.39 bits per heavy atom. The third-order valence-corrected chi connectivity index (χ3v) is 3.33. The van der Waals surface area contributed by atoms with Crippen LogP contribution in [0.2, 0.25) is 5.02 Å². The van der Waals surface area contributed by atoms with Crippen LogP contribution < -0.4 is 0 Å². The van der Waals surface area contributed by atoms with Crippen LogP contribution in [0.4, 0.5) is 0 Å². The number of morpholine rings is 1. The van der Waals surface area contributed by atoms with Gasteiger partial charge in [-0.3, -0.25) is 9.69 Å². The van der Waals surface area contributed by atoms with E-state index in [4.69, 9.17) is 16.3 Å². The molecule has 1 saturated heterocycles. The first-order chi connectivity index (χ1) is 8.70. The summed E-state index contributed by atoms with van der Waals surface area (Å²) in [6, 6.07) is 7.05. The van der Waals surface area contributed by atoms with Gasteiger partial charge in [-0.1, -0.05) is 30.7 Å². The average Bonchev–Trinajstić information content (AvgIpc) is 2.39. The van der Waals surface area contributed by atoms with Crippen molar-refractivity contribution in [3.05, 3.63) is 34.9 Å². The minimum absolute atomic E-state index is 0.0262. The first kappa shape index (κ1) is 13.5. The minimum Gasteiger partial charge on any atom is -0.367 e. The Morgan fingerprint density at radius 3 is 3.11 bits per heavy atom. The molecule has 1 fully saturated rings. The van der Waals surface area contributed by atoms with Gasteiger partial charge in [0.2, 0.25) is 0 Å². The summed E-state index contributed by atoms with van der Waals surface area (Å²) in [5.74, 6) is 0.0262. The Bertz CT molecular complexity index is 420. The summed E-state index contributed by atoms with van der Waals surface area (Å²) in [4.78, 5) is 14.6. The van der Waals surface area contributed by atoms with Gasteiger partial charge in [0, 0.05) is 23.7 Å². The van der Waals surface area contributed by atoms with Crippen molar-refractivity contribution in [1.29, 1.82) is 0 Å². The number of rotatable bonds is 4. The van der Waals surface area contributed by atoms with Crippen LogP contribution in [0.25, 0.3) is 0 Å². The summed E-state index contributed by atoms with van der Waals surface area (Å²) in [5.41, 5.74) is 0.630. The van der Waals surface area contributed by atoms with E-state index >= 15 is 0 Å². The molecule has 18 heavy (non-hydrogen) atoms. The van der Waals surface area contributed by atoms with E-state index in [0.29, 0.717) is 23.7 Å². The third-order valence-electron chi connectivity index (χ3n) is 3.09. The van der Waals surface area contributed by atoms with Crippen molar-refractivity contribution < 1.29 is 9.53 Å². The van der Waals surface area contributed by atoms with Crippen molar-refractivity contribution in [3.8, 4) is 0 Å². The molecule has 1 aliphatic heterocycles. The van der Waals surface area contributed by atoms with E-state index in [1.165, 1.54) is 0 Å². The molecule has 4 heteroatoms. The van der Waals surface area contributed by atoms with Crippen molar-refractivity contribution in [3.63, 3.8) is 0 Å².